The minimum absolute atomic E-state index is 0.0584. The topological polar surface area (TPSA) is 92.5 Å². The highest BCUT2D eigenvalue weighted by molar-refractivity contribution is 6.31. The molecule has 0 spiro atoms. The van der Waals surface area contributed by atoms with Gasteiger partial charge in [-0.1, -0.05) is 11.6 Å². The largest absolute Gasteiger partial charge is 0.393 e. The van der Waals surface area contributed by atoms with E-state index in [-0.39, 0.29) is 17.8 Å². The third kappa shape index (κ3) is 4.31. The Bertz CT molecular complexity index is 462. The van der Waals surface area contributed by atoms with E-state index in [1.807, 2.05) is 0 Å². The van der Waals surface area contributed by atoms with E-state index in [1.54, 1.807) is 6.92 Å². The summed E-state index contributed by atoms with van der Waals surface area (Å²) in [6, 6.07) is 3.93. The van der Waals surface area contributed by atoms with Crippen LogP contribution in [0.2, 0.25) is 5.02 Å². The zero-order chi connectivity index (χ0) is 13.7. The highest BCUT2D eigenvalue weighted by atomic mass is 35.5. The van der Waals surface area contributed by atoms with Crippen molar-refractivity contribution >= 4 is 28.9 Å². The van der Waals surface area contributed by atoms with Crippen LogP contribution in [-0.4, -0.2) is 22.0 Å². The number of nitrogens with zero attached hydrogens (tertiary/aromatic N) is 1. The number of amides is 1. The van der Waals surface area contributed by atoms with Crippen LogP contribution in [0.5, 0.6) is 0 Å². The minimum atomic E-state index is -0.597. The molecule has 0 saturated carbocycles. The Hall–Kier alpha value is -1.66. The summed E-state index contributed by atoms with van der Waals surface area (Å²) in [5, 5.41) is 22.5. The number of benzene rings is 1. The van der Waals surface area contributed by atoms with Crippen molar-refractivity contribution in [3.63, 3.8) is 0 Å². The summed E-state index contributed by atoms with van der Waals surface area (Å²) in [4.78, 5) is 21.7. The molecular formula is C11H13ClN2O4. The smallest absolute Gasteiger partial charge is 0.292 e. The first-order valence-electron chi connectivity index (χ1n) is 5.32. The van der Waals surface area contributed by atoms with E-state index in [0.717, 1.165) is 0 Å². The maximum atomic E-state index is 11.5. The van der Waals surface area contributed by atoms with Crippen LogP contribution in [0.3, 0.4) is 0 Å². The second kappa shape index (κ2) is 6.32. The molecule has 0 fully saturated rings. The number of carbonyl (C=O) groups excluding carboxylic acids is 1. The zero-order valence-electron chi connectivity index (χ0n) is 9.72. The Morgan fingerprint density at radius 2 is 2.28 bits per heavy atom. The van der Waals surface area contributed by atoms with Gasteiger partial charge in [-0.2, -0.15) is 0 Å². The van der Waals surface area contributed by atoms with E-state index in [2.05, 4.69) is 5.32 Å². The number of nitro groups is 1. The van der Waals surface area contributed by atoms with E-state index < -0.39 is 16.9 Å². The normalized spacial score (nSPS) is 11.9. The molecule has 1 atom stereocenters. The van der Waals surface area contributed by atoms with Crippen LogP contribution < -0.4 is 5.32 Å². The van der Waals surface area contributed by atoms with Gasteiger partial charge in [0.05, 0.1) is 11.0 Å². The lowest BCUT2D eigenvalue weighted by Gasteiger charge is -2.07. The fraction of sp³-hybridized carbons (Fsp3) is 0.364. The van der Waals surface area contributed by atoms with E-state index in [4.69, 9.17) is 16.7 Å². The lowest BCUT2D eigenvalue weighted by atomic mass is 10.2. The second-order valence-corrected chi connectivity index (χ2v) is 4.29. The number of anilines is 1. The molecule has 98 valence electrons. The molecule has 1 rings (SSSR count). The number of hydrogen-bond acceptors (Lipinski definition) is 4. The Kier molecular flexibility index (Phi) is 5.06. The van der Waals surface area contributed by atoms with Crippen LogP contribution in [0.15, 0.2) is 18.2 Å². The van der Waals surface area contributed by atoms with E-state index in [1.165, 1.54) is 18.2 Å². The van der Waals surface area contributed by atoms with Crippen molar-refractivity contribution in [2.24, 2.45) is 0 Å². The van der Waals surface area contributed by atoms with Crippen LogP contribution in [0.25, 0.3) is 0 Å². The van der Waals surface area contributed by atoms with Crippen LogP contribution in [0, 0.1) is 10.1 Å². The molecule has 0 aliphatic heterocycles. The molecule has 0 bridgehead atoms. The van der Waals surface area contributed by atoms with Crippen molar-refractivity contribution in [1.82, 2.24) is 0 Å². The van der Waals surface area contributed by atoms with Gasteiger partial charge in [-0.3, -0.25) is 14.9 Å². The lowest BCUT2D eigenvalue weighted by Crippen LogP contribution is -2.15. The Morgan fingerprint density at radius 1 is 1.61 bits per heavy atom. The van der Waals surface area contributed by atoms with Gasteiger partial charge in [-0.05, 0) is 25.5 Å². The first-order chi connectivity index (χ1) is 8.40. The van der Waals surface area contributed by atoms with Gasteiger partial charge in [0.2, 0.25) is 5.91 Å². The standard InChI is InChI=1S/C11H13ClN2O4/c1-7(15)2-5-11(16)13-9-6-8(12)3-4-10(9)14(17)18/h3-4,6-7,15H,2,5H2,1H3,(H,13,16). The van der Waals surface area contributed by atoms with Crippen molar-refractivity contribution in [3.05, 3.63) is 33.3 Å². The van der Waals surface area contributed by atoms with E-state index in [0.29, 0.717) is 11.4 Å². The Labute approximate surface area is 109 Å². The SMILES string of the molecule is CC(O)CCC(=O)Nc1cc(Cl)ccc1[N+](=O)[O-]. The summed E-state index contributed by atoms with van der Waals surface area (Å²) >= 11 is 5.72. The summed E-state index contributed by atoms with van der Waals surface area (Å²) in [6.07, 6.45) is -0.216. The molecule has 0 radical (unpaired) electrons. The summed E-state index contributed by atoms with van der Waals surface area (Å²) in [5.41, 5.74) is -0.159. The second-order valence-electron chi connectivity index (χ2n) is 3.85. The van der Waals surface area contributed by atoms with E-state index >= 15 is 0 Å². The number of aliphatic hydroxyl groups excluding tert-OH is 1. The number of rotatable bonds is 5. The Balaban J connectivity index is 2.79. The highest BCUT2D eigenvalue weighted by Gasteiger charge is 2.16. The molecule has 1 aromatic carbocycles. The van der Waals surface area contributed by atoms with Crippen LogP contribution in [0.1, 0.15) is 19.8 Å². The molecule has 2 N–H and O–H groups in total. The molecule has 0 aliphatic rings. The van der Waals surface area contributed by atoms with Gasteiger partial charge in [-0.15, -0.1) is 0 Å². The molecule has 0 aromatic heterocycles. The van der Waals surface area contributed by atoms with Crippen LogP contribution >= 0.6 is 11.6 Å². The van der Waals surface area contributed by atoms with Crippen LogP contribution in [0.4, 0.5) is 11.4 Å². The van der Waals surface area contributed by atoms with Gasteiger partial charge in [0.1, 0.15) is 5.69 Å². The minimum Gasteiger partial charge on any atom is -0.393 e. The van der Waals surface area contributed by atoms with Crippen molar-refractivity contribution in [2.75, 3.05) is 5.32 Å². The number of halogens is 1. The number of aliphatic hydroxyl groups is 1. The number of carbonyl (C=O) groups is 1. The van der Waals surface area contributed by atoms with Gasteiger partial charge in [-0.25, -0.2) is 0 Å². The summed E-state index contributed by atoms with van der Waals surface area (Å²) in [6.45, 7) is 1.56. The number of hydrogen-bond donors (Lipinski definition) is 2. The molecule has 1 aromatic rings. The fourth-order valence-electron chi connectivity index (χ4n) is 1.32. The molecule has 6 nitrogen and oxygen atoms in total. The third-order valence-electron chi connectivity index (χ3n) is 2.22. The third-order valence-corrected chi connectivity index (χ3v) is 2.45. The zero-order valence-corrected chi connectivity index (χ0v) is 10.5. The predicted molar refractivity (Wildman–Crippen MR) is 67.7 cm³/mol. The molecular weight excluding hydrogens is 260 g/mol. The first kappa shape index (κ1) is 14.4. The highest BCUT2D eigenvalue weighted by Crippen LogP contribution is 2.27. The fourth-order valence-corrected chi connectivity index (χ4v) is 1.49. The van der Waals surface area contributed by atoms with Gasteiger partial charge in [0, 0.05) is 17.5 Å². The van der Waals surface area contributed by atoms with Gasteiger partial charge in [0.15, 0.2) is 0 Å². The quantitative estimate of drug-likeness (QED) is 0.635. The number of nitro benzene ring substituents is 1. The molecule has 1 amide bonds. The molecule has 0 saturated heterocycles. The monoisotopic (exact) mass is 272 g/mol. The van der Waals surface area contributed by atoms with Crippen molar-refractivity contribution in [1.29, 1.82) is 0 Å². The lowest BCUT2D eigenvalue weighted by molar-refractivity contribution is -0.383. The predicted octanol–water partition coefficient (Wildman–Crippen LogP) is 2.35. The summed E-state index contributed by atoms with van der Waals surface area (Å²) in [7, 11) is 0. The summed E-state index contributed by atoms with van der Waals surface area (Å²) < 4.78 is 0. The molecule has 0 aliphatic carbocycles. The maximum Gasteiger partial charge on any atom is 0.292 e. The number of nitrogens with one attached hydrogen (secondary N) is 1. The average molecular weight is 273 g/mol. The van der Waals surface area contributed by atoms with Crippen molar-refractivity contribution in [3.8, 4) is 0 Å². The molecule has 0 heterocycles. The van der Waals surface area contributed by atoms with Crippen molar-refractivity contribution in [2.45, 2.75) is 25.9 Å². The molecule has 1 unspecified atom stereocenters. The van der Waals surface area contributed by atoms with Gasteiger partial charge >= 0.3 is 0 Å². The van der Waals surface area contributed by atoms with Gasteiger partial charge < -0.3 is 10.4 Å². The molecule has 7 heteroatoms. The Morgan fingerprint density at radius 3 is 2.83 bits per heavy atom. The van der Waals surface area contributed by atoms with Gasteiger partial charge in [0.25, 0.3) is 5.69 Å². The first-order valence-corrected chi connectivity index (χ1v) is 5.70. The maximum absolute atomic E-state index is 11.5. The average Bonchev–Trinajstić information content (AvgIpc) is 2.26. The summed E-state index contributed by atoms with van der Waals surface area (Å²) in [5.74, 6) is -0.402. The van der Waals surface area contributed by atoms with Crippen molar-refractivity contribution < 1.29 is 14.8 Å². The van der Waals surface area contributed by atoms with E-state index in [9.17, 15) is 14.9 Å². The van der Waals surface area contributed by atoms with Crippen LogP contribution in [-0.2, 0) is 4.79 Å². The molecule has 18 heavy (non-hydrogen) atoms.